The van der Waals surface area contributed by atoms with Crippen LogP contribution in [0.15, 0.2) is 72.5 Å². The maximum atomic E-state index is 12.9. The van der Waals surface area contributed by atoms with Crippen molar-refractivity contribution >= 4 is 16.7 Å². The molecule has 3 N–H and O–H groups in total. The normalized spacial score (nSPS) is 21.1. The summed E-state index contributed by atoms with van der Waals surface area (Å²) < 4.78 is 0. The van der Waals surface area contributed by atoms with Crippen molar-refractivity contribution < 1.29 is 9.78 Å². The van der Waals surface area contributed by atoms with Gasteiger partial charge in [0, 0.05) is 23.7 Å². The fourth-order valence-electron chi connectivity index (χ4n) is 3.78. The van der Waals surface area contributed by atoms with E-state index in [0.29, 0.717) is 18.2 Å². The van der Waals surface area contributed by atoms with Crippen LogP contribution in [0.4, 0.5) is 0 Å². The number of allylic oxidation sites excluding steroid dienone is 3. The van der Waals surface area contributed by atoms with E-state index in [4.69, 9.17) is 0 Å². The van der Waals surface area contributed by atoms with Crippen LogP contribution in [0.3, 0.4) is 0 Å². The minimum atomic E-state index is -0.0546. The monoisotopic (exact) mass is 345 g/mol. The van der Waals surface area contributed by atoms with E-state index in [2.05, 4.69) is 38.9 Å². The molecule has 1 aliphatic carbocycles. The molecule has 0 saturated heterocycles. The zero-order valence-electron chi connectivity index (χ0n) is 14.4. The lowest BCUT2D eigenvalue weighted by molar-refractivity contribution is -0.376. The molecule has 1 amide bonds. The summed E-state index contributed by atoms with van der Waals surface area (Å²) in [6, 6.07) is 8.19. The number of carbonyl (C=O) groups is 1. The Balaban J connectivity index is 1.37. The van der Waals surface area contributed by atoms with E-state index in [9.17, 15) is 4.79 Å². The Morgan fingerprint density at radius 1 is 1.23 bits per heavy atom. The third kappa shape index (κ3) is 2.56. The maximum Gasteiger partial charge on any atom is 0.269 e. The summed E-state index contributed by atoms with van der Waals surface area (Å²) in [4.78, 5) is 18.2. The molecule has 2 aliphatic heterocycles. The first-order valence-corrected chi connectivity index (χ1v) is 9.11. The van der Waals surface area contributed by atoms with Crippen molar-refractivity contribution in [2.75, 3.05) is 0 Å². The number of fused-ring (bicyclic) bond motifs is 2. The van der Waals surface area contributed by atoms with E-state index in [0.717, 1.165) is 22.0 Å². The van der Waals surface area contributed by atoms with Crippen LogP contribution in [0.5, 0.6) is 0 Å². The first-order valence-electron chi connectivity index (χ1n) is 9.11. The number of H-pyrrole nitrogens is 1. The zero-order chi connectivity index (χ0) is 17.5. The Hall–Kier alpha value is -3.08. The number of nitrogens with zero attached hydrogens (tertiary/aromatic N) is 1. The van der Waals surface area contributed by atoms with Gasteiger partial charge in [-0.3, -0.25) is 4.79 Å². The van der Waals surface area contributed by atoms with Gasteiger partial charge in [-0.25, -0.2) is 4.98 Å². The van der Waals surface area contributed by atoms with Crippen LogP contribution in [0.25, 0.3) is 10.8 Å². The van der Waals surface area contributed by atoms with Crippen LogP contribution < -0.4 is 15.6 Å². The van der Waals surface area contributed by atoms with Gasteiger partial charge >= 0.3 is 0 Å². The highest BCUT2D eigenvalue weighted by molar-refractivity contribution is 5.95. The van der Waals surface area contributed by atoms with Crippen molar-refractivity contribution in [1.29, 1.82) is 0 Å². The van der Waals surface area contributed by atoms with Crippen LogP contribution in [-0.2, 0) is 11.3 Å². The molecule has 2 aromatic rings. The highest BCUT2D eigenvalue weighted by Gasteiger charge is 2.42. The van der Waals surface area contributed by atoms with Crippen molar-refractivity contribution in [2.45, 2.75) is 25.6 Å². The third-order valence-electron chi connectivity index (χ3n) is 5.28. The molecule has 130 valence electrons. The molecule has 1 fully saturated rings. The van der Waals surface area contributed by atoms with Gasteiger partial charge in [-0.1, -0.05) is 24.3 Å². The topological polar surface area (TPSA) is 58.5 Å². The molecule has 0 bridgehead atoms. The standard InChI is InChI=1S/C21H20N4O/c26-21(23-13-16-12-22-11-15-5-1-2-6-17(15)16)19-18-7-3-4-10-25(18)20(24-19)14-8-9-14/h1-7,10-12,14,20,24H,8-9,13H2,(H,23,26)/p+1. The first kappa shape index (κ1) is 15.2. The second-order valence-corrected chi connectivity index (χ2v) is 7.05. The molecule has 1 saturated carbocycles. The van der Waals surface area contributed by atoms with Gasteiger partial charge in [0.1, 0.15) is 11.9 Å². The van der Waals surface area contributed by atoms with E-state index in [-0.39, 0.29) is 12.1 Å². The minimum Gasteiger partial charge on any atom is -0.358 e. The van der Waals surface area contributed by atoms with Crippen LogP contribution in [0, 0.1) is 5.92 Å². The predicted octanol–water partition coefficient (Wildman–Crippen LogP) is 2.21. The van der Waals surface area contributed by atoms with Gasteiger partial charge in [0.25, 0.3) is 5.91 Å². The Morgan fingerprint density at radius 2 is 2.12 bits per heavy atom. The summed E-state index contributed by atoms with van der Waals surface area (Å²) in [5.74, 6) is 0.570. The number of benzene rings is 1. The van der Waals surface area contributed by atoms with Crippen LogP contribution in [-0.4, -0.2) is 17.0 Å². The smallest absolute Gasteiger partial charge is 0.269 e. The quantitative estimate of drug-likeness (QED) is 0.893. The molecule has 0 radical (unpaired) electrons. The SMILES string of the molecule is O=C(NCc1c[nH+]cc2ccccc12)C1=C2C=CC=CN2C(C2CC2)N1. The molecule has 1 aromatic heterocycles. The number of pyridine rings is 1. The number of hydrogen-bond acceptors (Lipinski definition) is 3. The highest BCUT2D eigenvalue weighted by atomic mass is 16.2. The lowest BCUT2D eigenvalue weighted by Crippen LogP contribution is -2.38. The van der Waals surface area contributed by atoms with E-state index in [1.54, 1.807) is 0 Å². The number of rotatable bonds is 4. The summed E-state index contributed by atoms with van der Waals surface area (Å²) in [5.41, 5.74) is 2.72. The number of aromatic nitrogens is 1. The van der Waals surface area contributed by atoms with Crippen molar-refractivity contribution in [3.63, 3.8) is 0 Å². The van der Waals surface area contributed by atoms with Crippen molar-refractivity contribution in [3.05, 3.63) is 78.0 Å². The Bertz CT molecular complexity index is 966. The first-order chi connectivity index (χ1) is 12.8. The summed E-state index contributed by atoms with van der Waals surface area (Å²) in [6.45, 7) is 0.489. The summed E-state index contributed by atoms with van der Waals surface area (Å²) in [6.07, 6.45) is 14.6. The summed E-state index contributed by atoms with van der Waals surface area (Å²) in [5, 5.41) is 8.83. The summed E-state index contributed by atoms with van der Waals surface area (Å²) in [7, 11) is 0. The van der Waals surface area contributed by atoms with Gasteiger partial charge in [-0.15, -0.1) is 0 Å². The molecule has 3 heterocycles. The van der Waals surface area contributed by atoms with Crippen LogP contribution >= 0.6 is 0 Å². The van der Waals surface area contributed by atoms with Crippen molar-refractivity contribution in [1.82, 2.24) is 15.5 Å². The molecule has 3 aliphatic rings. The lowest BCUT2D eigenvalue weighted by Gasteiger charge is -2.25. The second kappa shape index (κ2) is 6.02. The lowest BCUT2D eigenvalue weighted by atomic mass is 10.1. The average Bonchev–Trinajstić information content (AvgIpc) is 3.46. The zero-order valence-corrected chi connectivity index (χ0v) is 14.4. The Kier molecular flexibility index (Phi) is 3.52. The molecule has 5 nitrogen and oxygen atoms in total. The third-order valence-corrected chi connectivity index (χ3v) is 5.28. The van der Waals surface area contributed by atoms with Gasteiger partial charge < -0.3 is 15.5 Å². The van der Waals surface area contributed by atoms with Gasteiger partial charge in [0.05, 0.1) is 5.70 Å². The number of aromatic amines is 1. The van der Waals surface area contributed by atoms with Crippen molar-refractivity contribution in [2.24, 2.45) is 5.92 Å². The molecular weight excluding hydrogens is 324 g/mol. The van der Waals surface area contributed by atoms with Crippen LogP contribution in [0.1, 0.15) is 18.4 Å². The molecule has 1 unspecified atom stereocenters. The fourth-order valence-corrected chi connectivity index (χ4v) is 3.78. The maximum absolute atomic E-state index is 12.9. The second-order valence-electron chi connectivity index (χ2n) is 7.05. The predicted molar refractivity (Wildman–Crippen MR) is 99.1 cm³/mol. The van der Waals surface area contributed by atoms with E-state index < -0.39 is 0 Å². The minimum absolute atomic E-state index is 0.0546. The number of carbonyl (C=O) groups excluding carboxylic acids is 1. The Morgan fingerprint density at radius 3 is 3.00 bits per heavy atom. The molecule has 0 spiro atoms. The average molecular weight is 345 g/mol. The molecule has 1 aromatic carbocycles. The van der Waals surface area contributed by atoms with Crippen LogP contribution in [0.2, 0.25) is 0 Å². The largest absolute Gasteiger partial charge is 0.358 e. The van der Waals surface area contributed by atoms with E-state index >= 15 is 0 Å². The van der Waals surface area contributed by atoms with Gasteiger partial charge in [0.15, 0.2) is 12.4 Å². The Labute approximate surface area is 152 Å². The summed E-state index contributed by atoms with van der Waals surface area (Å²) >= 11 is 0. The number of nitrogens with one attached hydrogen (secondary N) is 3. The van der Waals surface area contributed by atoms with Crippen molar-refractivity contribution in [3.8, 4) is 0 Å². The fraction of sp³-hybridized carbons (Fsp3) is 0.238. The highest BCUT2D eigenvalue weighted by Crippen LogP contribution is 2.40. The van der Waals surface area contributed by atoms with E-state index in [1.165, 1.54) is 12.8 Å². The molecule has 26 heavy (non-hydrogen) atoms. The van der Waals surface area contributed by atoms with Gasteiger partial charge in [-0.05, 0) is 42.4 Å². The number of hydrogen-bond donors (Lipinski definition) is 2. The molecule has 5 heteroatoms. The number of amides is 1. The molecule has 1 atom stereocenters. The van der Waals surface area contributed by atoms with E-state index in [1.807, 2.05) is 42.8 Å². The van der Waals surface area contributed by atoms with Gasteiger partial charge in [0.2, 0.25) is 0 Å². The van der Waals surface area contributed by atoms with Gasteiger partial charge in [-0.2, -0.15) is 0 Å². The molecule has 5 rings (SSSR count). The molecular formula is C21H21N4O+.